The summed E-state index contributed by atoms with van der Waals surface area (Å²) >= 11 is 4.34. The topological polar surface area (TPSA) is 74.1 Å². The number of piperidine rings is 1. The van der Waals surface area contributed by atoms with Crippen molar-refractivity contribution in [2.75, 3.05) is 53.4 Å². The summed E-state index contributed by atoms with van der Waals surface area (Å²) in [5, 5.41) is 3.36. The highest BCUT2D eigenvalue weighted by molar-refractivity contribution is 7.80. The Balaban J connectivity index is 0.000000233. The maximum absolute atomic E-state index is 12.6. The normalized spacial score (nSPS) is 19.6. The van der Waals surface area contributed by atoms with Gasteiger partial charge in [-0.3, -0.25) is 9.69 Å². The van der Waals surface area contributed by atoms with E-state index in [0.29, 0.717) is 30.2 Å². The molecular weight excluding hydrogens is 474 g/mol. The number of carbonyl (C=O) groups excluding carboxylic acids is 1. The minimum Gasteiger partial charge on any atom is -0.497 e. The zero-order chi connectivity index (χ0) is 25.7. The van der Waals surface area contributed by atoms with Crippen LogP contribution in [0.4, 0.5) is 0 Å². The van der Waals surface area contributed by atoms with Gasteiger partial charge in [-0.1, -0.05) is 0 Å². The standard InChI is InChI=1S/C18H29N5O2.C9H12OS/c1-21-6-4-15(5-7-21)22-8-10-23(11-9-22)18(24)16-13-25-17(20-16)12-19-14-2-3-14;1-6-4-8(10-3)5-7(2)9(6)11/h13-15,19H,2-12H2,1H3;4-5,11H,1-3H3. The van der Waals surface area contributed by atoms with E-state index in [1.54, 1.807) is 7.11 Å². The number of methoxy groups -OCH3 is 1. The van der Waals surface area contributed by atoms with Gasteiger partial charge in [0, 0.05) is 43.2 Å². The lowest BCUT2D eigenvalue weighted by atomic mass is 10.0. The number of hydrogen-bond acceptors (Lipinski definition) is 8. The van der Waals surface area contributed by atoms with Gasteiger partial charge in [-0.05, 0) is 82.9 Å². The molecule has 3 aliphatic rings. The lowest BCUT2D eigenvalue weighted by Gasteiger charge is -2.42. The first-order valence-electron chi connectivity index (χ1n) is 13.1. The Labute approximate surface area is 220 Å². The van der Waals surface area contributed by atoms with E-state index < -0.39 is 0 Å². The number of aryl methyl sites for hydroxylation is 2. The molecule has 0 atom stereocenters. The van der Waals surface area contributed by atoms with E-state index >= 15 is 0 Å². The van der Waals surface area contributed by atoms with Gasteiger partial charge in [0.2, 0.25) is 5.89 Å². The van der Waals surface area contributed by atoms with E-state index in [0.717, 1.165) is 48.0 Å². The van der Waals surface area contributed by atoms with Crippen LogP contribution in [0.5, 0.6) is 5.75 Å². The molecule has 1 amide bonds. The molecule has 2 aliphatic heterocycles. The summed E-state index contributed by atoms with van der Waals surface area (Å²) in [6.07, 6.45) is 6.45. The van der Waals surface area contributed by atoms with Crippen LogP contribution in [0.3, 0.4) is 0 Å². The number of hydrogen-bond donors (Lipinski definition) is 2. The average molecular weight is 516 g/mol. The number of nitrogens with one attached hydrogen (secondary N) is 1. The summed E-state index contributed by atoms with van der Waals surface area (Å²) in [6, 6.07) is 5.25. The van der Waals surface area contributed by atoms with Crippen LogP contribution in [0.2, 0.25) is 0 Å². The van der Waals surface area contributed by atoms with Gasteiger partial charge in [0.25, 0.3) is 5.91 Å². The Hall–Kier alpha value is -2.07. The summed E-state index contributed by atoms with van der Waals surface area (Å²) in [7, 11) is 3.87. The predicted octanol–water partition coefficient (Wildman–Crippen LogP) is 3.38. The molecule has 198 valence electrons. The lowest BCUT2D eigenvalue weighted by molar-refractivity contribution is 0.0470. The van der Waals surface area contributed by atoms with Crippen molar-refractivity contribution >= 4 is 18.5 Å². The van der Waals surface area contributed by atoms with Crippen molar-refractivity contribution in [3.8, 4) is 5.75 Å². The average Bonchev–Trinajstić information content (AvgIpc) is 3.61. The molecule has 1 saturated carbocycles. The Morgan fingerprint density at radius 1 is 1.08 bits per heavy atom. The number of amides is 1. The van der Waals surface area contributed by atoms with Gasteiger partial charge in [-0.2, -0.15) is 0 Å². The predicted molar refractivity (Wildman–Crippen MR) is 144 cm³/mol. The third-order valence-electron chi connectivity index (χ3n) is 7.40. The number of rotatable bonds is 6. The minimum absolute atomic E-state index is 0.00412. The zero-order valence-corrected chi connectivity index (χ0v) is 23.0. The highest BCUT2D eigenvalue weighted by Crippen LogP contribution is 2.24. The summed E-state index contributed by atoms with van der Waals surface area (Å²) < 4.78 is 10.5. The summed E-state index contributed by atoms with van der Waals surface area (Å²) in [5.41, 5.74) is 2.76. The van der Waals surface area contributed by atoms with Gasteiger partial charge in [0.15, 0.2) is 5.69 Å². The van der Waals surface area contributed by atoms with E-state index in [1.807, 2.05) is 30.9 Å². The second-order valence-corrected chi connectivity index (χ2v) is 10.7. The van der Waals surface area contributed by atoms with Gasteiger partial charge in [-0.15, -0.1) is 12.6 Å². The maximum Gasteiger partial charge on any atom is 0.275 e. The van der Waals surface area contributed by atoms with E-state index in [4.69, 9.17) is 9.15 Å². The van der Waals surface area contributed by atoms with Crippen molar-refractivity contribution < 1.29 is 13.9 Å². The molecule has 1 N–H and O–H groups in total. The van der Waals surface area contributed by atoms with Crippen LogP contribution in [0.15, 0.2) is 27.7 Å². The molecule has 2 saturated heterocycles. The Kier molecular flexibility index (Phi) is 9.33. The molecule has 5 rings (SSSR count). The molecule has 36 heavy (non-hydrogen) atoms. The smallest absolute Gasteiger partial charge is 0.275 e. The number of thiol groups is 1. The molecule has 2 aromatic rings. The number of oxazole rings is 1. The third kappa shape index (κ3) is 7.25. The molecule has 1 aromatic heterocycles. The fourth-order valence-corrected chi connectivity index (χ4v) is 4.98. The summed E-state index contributed by atoms with van der Waals surface area (Å²) in [6.45, 7) is 10.5. The van der Waals surface area contributed by atoms with Crippen LogP contribution in [0, 0.1) is 13.8 Å². The summed E-state index contributed by atoms with van der Waals surface area (Å²) in [4.78, 5) is 24.9. The number of ether oxygens (including phenoxy) is 1. The van der Waals surface area contributed by atoms with Crippen molar-refractivity contribution in [3.05, 3.63) is 41.1 Å². The first-order valence-corrected chi connectivity index (χ1v) is 13.5. The quantitative estimate of drug-likeness (QED) is 0.572. The number of nitrogens with zero attached hydrogens (tertiary/aromatic N) is 4. The van der Waals surface area contributed by atoms with E-state index in [2.05, 4.69) is 39.8 Å². The Morgan fingerprint density at radius 2 is 1.72 bits per heavy atom. The molecule has 0 bridgehead atoms. The van der Waals surface area contributed by atoms with Crippen molar-refractivity contribution in [2.45, 2.75) is 63.1 Å². The summed E-state index contributed by atoms with van der Waals surface area (Å²) in [5.74, 6) is 1.52. The Bertz CT molecular complexity index is 986. The van der Waals surface area contributed by atoms with Crippen LogP contribution >= 0.6 is 12.6 Å². The second kappa shape index (κ2) is 12.4. The second-order valence-electron chi connectivity index (χ2n) is 10.3. The number of likely N-dealkylation sites (tertiary alicyclic amines) is 1. The van der Waals surface area contributed by atoms with Crippen LogP contribution in [0.25, 0.3) is 0 Å². The first kappa shape index (κ1) is 27.0. The molecule has 1 aromatic carbocycles. The van der Waals surface area contributed by atoms with Crippen molar-refractivity contribution in [1.82, 2.24) is 25.0 Å². The van der Waals surface area contributed by atoms with Crippen LogP contribution in [0.1, 0.15) is 53.2 Å². The van der Waals surface area contributed by atoms with Crippen LogP contribution in [-0.2, 0) is 6.54 Å². The SMILES string of the molecule is CN1CCC(N2CCN(C(=O)c3coc(CNC4CC4)n3)CC2)CC1.COc1cc(C)c(S)c(C)c1. The molecule has 9 heteroatoms. The number of carbonyl (C=O) groups is 1. The van der Waals surface area contributed by atoms with Gasteiger partial charge < -0.3 is 24.3 Å². The van der Waals surface area contributed by atoms with Gasteiger partial charge in [0.05, 0.1) is 13.7 Å². The minimum atomic E-state index is 0.00412. The number of piperazine rings is 1. The lowest BCUT2D eigenvalue weighted by Crippen LogP contribution is -2.54. The molecule has 8 nitrogen and oxygen atoms in total. The molecule has 0 spiro atoms. The molecule has 3 fully saturated rings. The van der Waals surface area contributed by atoms with Crippen LogP contribution in [-0.4, -0.2) is 91.1 Å². The third-order valence-corrected chi connectivity index (χ3v) is 8.10. The van der Waals surface area contributed by atoms with Gasteiger partial charge in [0.1, 0.15) is 12.0 Å². The fourth-order valence-electron chi connectivity index (χ4n) is 4.86. The van der Waals surface area contributed by atoms with Crippen molar-refractivity contribution in [1.29, 1.82) is 0 Å². The monoisotopic (exact) mass is 515 g/mol. The van der Waals surface area contributed by atoms with Gasteiger partial charge >= 0.3 is 0 Å². The van der Waals surface area contributed by atoms with Crippen LogP contribution < -0.4 is 10.1 Å². The highest BCUT2D eigenvalue weighted by Gasteiger charge is 2.29. The van der Waals surface area contributed by atoms with E-state index in [1.165, 1.54) is 45.0 Å². The molecule has 3 heterocycles. The fraction of sp³-hybridized carbons (Fsp3) is 0.630. The largest absolute Gasteiger partial charge is 0.497 e. The number of benzene rings is 1. The zero-order valence-electron chi connectivity index (χ0n) is 22.1. The first-order chi connectivity index (χ1) is 17.3. The van der Waals surface area contributed by atoms with E-state index in [9.17, 15) is 4.79 Å². The Morgan fingerprint density at radius 3 is 2.31 bits per heavy atom. The molecule has 1 aliphatic carbocycles. The molecule has 0 unspecified atom stereocenters. The molecular formula is C27H41N5O3S. The van der Waals surface area contributed by atoms with Crippen molar-refractivity contribution in [2.24, 2.45) is 0 Å². The van der Waals surface area contributed by atoms with E-state index in [-0.39, 0.29) is 5.91 Å². The van der Waals surface area contributed by atoms with Gasteiger partial charge in [-0.25, -0.2) is 4.98 Å². The number of aromatic nitrogens is 1. The highest BCUT2D eigenvalue weighted by atomic mass is 32.1. The maximum atomic E-state index is 12.6. The van der Waals surface area contributed by atoms with Crippen molar-refractivity contribution in [3.63, 3.8) is 0 Å². The molecule has 0 radical (unpaired) electrons.